The van der Waals surface area contributed by atoms with Gasteiger partial charge < -0.3 is 14.8 Å². The predicted molar refractivity (Wildman–Crippen MR) is 75.9 cm³/mol. The fraction of sp³-hybridized carbons (Fsp3) is 1.00. The Balaban J connectivity index is 2.23. The highest BCUT2D eigenvalue weighted by Gasteiger charge is 2.18. The Labute approximate surface area is 113 Å². The molecule has 0 aromatic rings. The number of hydrogen-bond acceptors (Lipinski definition) is 3. The first-order chi connectivity index (χ1) is 8.51. The standard InChI is InChI=1S/C15H31NO2/c1-5-6-14(11-16-15(2,3)4)18-12-13-7-9-17-10-8-13/h13-14,16H,5-12H2,1-4H3. The average Bonchev–Trinajstić information content (AvgIpc) is 2.33. The van der Waals surface area contributed by atoms with E-state index in [4.69, 9.17) is 9.47 Å². The summed E-state index contributed by atoms with van der Waals surface area (Å²) in [5.74, 6) is 0.702. The SMILES string of the molecule is CCCC(CNC(C)(C)C)OCC1CCOCC1. The lowest BCUT2D eigenvalue weighted by molar-refractivity contribution is -0.0148. The van der Waals surface area contributed by atoms with Crippen molar-refractivity contribution < 1.29 is 9.47 Å². The maximum atomic E-state index is 6.10. The molecule has 3 nitrogen and oxygen atoms in total. The molecule has 1 fully saturated rings. The molecule has 0 amide bonds. The zero-order valence-corrected chi connectivity index (χ0v) is 12.6. The monoisotopic (exact) mass is 257 g/mol. The highest BCUT2D eigenvalue weighted by atomic mass is 16.5. The average molecular weight is 257 g/mol. The highest BCUT2D eigenvalue weighted by molar-refractivity contribution is 4.74. The number of nitrogens with one attached hydrogen (secondary N) is 1. The van der Waals surface area contributed by atoms with E-state index >= 15 is 0 Å². The van der Waals surface area contributed by atoms with Crippen molar-refractivity contribution in [3.63, 3.8) is 0 Å². The molecule has 1 N–H and O–H groups in total. The van der Waals surface area contributed by atoms with Crippen LogP contribution in [-0.2, 0) is 9.47 Å². The molecule has 1 rings (SSSR count). The van der Waals surface area contributed by atoms with Gasteiger partial charge >= 0.3 is 0 Å². The molecule has 0 aromatic carbocycles. The van der Waals surface area contributed by atoms with Crippen LogP contribution in [0.15, 0.2) is 0 Å². The van der Waals surface area contributed by atoms with Crippen molar-refractivity contribution in [2.45, 2.75) is 65.0 Å². The van der Waals surface area contributed by atoms with E-state index in [1.165, 1.54) is 6.42 Å². The Morgan fingerprint density at radius 1 is 1.28 bits per heavy atom. The van der Waals surface area contributed by atoms with Crippen LogP contribution in [0.1, 0.15) is 53.4 Å². The molecule has 0 aromatic heterocycles. The van der Waals surface area contributed by atoms with Gasteiger partial charge in [-0.05, 0) is 46.0 Å². The first-order valence-corrected chi connectivity index (χ1v) is 7.45. The molecule has 1 atom stereocenters. The third-order valence-electron chi connectivity index (χ3n) is 3.38. The first kappa shape index (κ1) is 15.9. The van der Waals surface area contributed by atoms with Crippen molar-refractivity contribution in [3.8, 4) is 0 Å². The van der Waals surface area contributed by atoms with E-state index in [-0.39, 0.29) is 5.54 Å². The smallest absolute Gasteiger partial charge is 0.0699 e. The van der Waals surface area contributed by atoms with E-state index in [1.807, 2.05) is 0 Å². The summed E-state index contributed by atoms with van der Waals surface area (Å²) in [6.45, 7) is 12.5. The summed E-state index contributed by atoms with van der Waals surface area (Å²) in [6.07, 6.45) is 5.00. The molecular weight excluding hydrogens is 226 g/mol. The van der Waals surface area contributed by atoms with Gasteiger partial charge in [-0.1, -0.05) is 13.3 Å². The third kappa shape index (κ3) is 7.34. The molecule has 1 unspecified atom stereocenters. The van der Waals surface area contributed by atoms with Crippen LogP contribution in [0, 0.1) is 5.92 Å². The largest absolute Gasteiger partial charge is 0.381 e. The maximum Gasteiger partial charge on any atom is 0.0699 e. The molecule has 0 radical (unpaired) electrons. The van der Waals surface area contributed by atoms with Gasteiger partial charge in [0.15, 0.2) is 0 Å². The summed E-state index contributed by atoms with van der Waals surface area (Å²) in [5.41, 5.74) is 0.175. The maximum absolute atomic E-state index is 6.10. The van der Waals surface area contributed by atoms with Crippen LogP contribution in [0.5, 0.6) is 0 Å². The van der Waals surface area contributed by atoms with Crippen LogP contribution in [-0.4, -0.2) is 38.0 Å². The zero-order chi connectivity index (χ0) is 13.4. The molecule has 3 heteroatoms. The Bertz CT molecular complexity index is 207. The summed E-state index contributed by atoms with van der Waals surface area (Å²) in [7, 11) is 0. The number of hydrogen-bond donors (Lipinski definition) is 1. The van der Waals surface area contributed by atoms with Gasteiger partial charge in [0, 0.05) is 31.9 Å². The van der Waals surface area contributed by atoms with Crippen LogP contribution in [0.4, 0.5) is 0 Å². The zero-order valence-electron chi connectivity index (χ0n) is 12.6. The molecule has 0 aliphatic carbocycles. The molecule has 0 bridgehead atoms. The van der Waals surface area contributed by atoms with Crippen LogP contribution in [0.3, 0.4) is 0 Å². The summed E-state index contributed by atoms with van der Waals surface area (Å²) in [6, 6.07) is 0. The van der Waals surface area contributed by atoms with Crippen LogP contribution in [0.25, 0.3) is 0 Å². The van der Waals surface area contributed by atoms with Crippen molar-refractivity contribution in [1.29, 1.82) is 0 Å². The summed E-state index contributed by atoms with van der Waals surface area (Å²) in [5, 5.41) is 3.54. The van der Waals surface area contributed by atoms with Crippen LogP contribution < -0.4 is 5.32 Å². The molecule has 1 saturated heterocycles. The minimum absolute atomic E-state index is 0.175. The van der Waals surface area contributed by atoms with E-state index in [0.717, 1.165) is 45.6 Å². The van der Waals surface area contributed by atoms with Crippen molar-refractivity contribution in [2.75, 3.05) is 26.4 Å². The minimum Gasteiger partial charge on any atom is -0.381 e. The Kier molecular flexibility index (Phi) is 7.20. The summed E-state index contributed by atoms with van der Waals surface area (Å²) >= 11 is 0. The van der Waals surface area contributed by atoms with Gasteiger partial charge in [0.2, 0.25) is 0 Å². The Hall–Kier alpha value is -0.120. The van der Waals surface area contributed by atoms with E-state index < -0.39 is 0 Å². The quantitative estimate of drug-likeness (QED) is 0.760. The second-order valence-corrected chi connectivity index (χ2v) is 6.43. The van der Waals surface area contributed by atoms with Crippen molar-refractivity contribution in [3.05, 3.63) is 0 Å². The third-order valence-corrected chi connectivity index (χ3v) is 3.38. The van der Waals surface area contributed by atoms with Gasteiger partial charge in [-0.2, -0.15) is 0 Å². The molecular formula is C15H31NO2. The molecule has 108 valence electrons. The predicted octanol–water partition coefficient (Wildman–Crippen LogP) is 2.99. The summed E-state index contributed by atoms with van der Waals surface area (Å²) < 4.78 is 11.5. The van der Waals surface area contributed by atoms with Gasteiger partial charge in [-0.15, -0.1) is 0 Å². The second kappa shape index (κ2) is 8.13. The highest BCUT2D eigenvalue weighted by Crippen LogP contribution is 2.16. The lowest BCUT2D eigenvalue weighted by atomic mass is 10.0. The normalized spacial score (nSPS) is 20.0. The molecule has 1 aliphatic rings. The lowest BCUT2D eigenvalue weighted by Crippen LogP contribution is -2.42. The lowest BCUT2D eigenvalue weighted by Gasteiger charge is -2.28. The van der Waals surface area contributed by atoms with Crippen molar-refractivity contribution >= 4 is 0 Å². The number of ether oxygens (including phenoxy) is 2. The summed E-state index contributed by atoms with van der Waals surface area (Å²) in [4.78, 5) is 0. The van der Waals surface area contributed by atoms with Crippen molar-refractivity contribution in [1.82, 2.24) is 5.32 Å². The molecule has 1 aliphatic heterocycles. The first-order valence-electron chi connectivity index (χ1n) is 7.45. The number of rotatable bonds is 7. The fourth-order valence-corrected chi connectivity index (χ4v) is 2.17. The van der Waals surface area contributed by atoms with E-state index in [9.17, 15) is 0 Å². The van der Waals surface area contributed by atoms with E-state index in [2.05, 4.69) is 33.0 Å². The molecule has 0 saturated carbocycles. The molecule has 18 heavy (non-hydrogen) atoms. The minimum atomic E-state index is 0.175. The fourth-order valence-electron chi connectivity index (χ4n) is 2.17. The van der Waals surface area contributed by atoms with Gasteiger partial charge in [-0.25, -0.2) is 0 Å². The second-order valence-electron chi connectivity index (χ2n) is 6.43. The van der Waals surface area contributed by atoms with Crippen LogP contribution in [0.2, 0.25) is 0 Å². The van der Waals surface area contributed by atoms with E-state index in [0.29, 0.717) is 12.0 Å². The van der Waals surface area contributed by atoms with Gasteiger partial charge in [0.05, 0.1) is 6.10 Å². The topological polar surface area (TPSA) is 30.5 Å². The van der Waals surface area contributed by atoms with Gasteiger partial charge in [-0.3, -0.25) is 0 Å². The Morgan fingerprint density at radius 3 is 2.50 bits per heavy atom. The van der Waals surface area contributed by atoms with E-state index in [1.54, 1.807) is 0 Å². The van der Waals surface area contributed by atoms with Gasteiger partial charge in [0.1, 0.15) is 0 Å². The van der Waals surface area contributed by atoms with Gasteiger partial charge in [0.25, 0.3) is 0 Å². The van der Waals surface area contributed by atoms with Crippen molar-refractivity contribution in [2.24, 2.45) is 5.92 Å². The molecule has 1 heterocycles. The molecule has 0 spiro atoms. The Morgan fingerprint density at radius 2 is 1.94 bits per heavy atom. The van der Waals surface area contributed by atoms with Crippen LogP contribution >= 0.6 is 0 Å².